The van der Waals surface area contributed by atoms with E-state index in [9.17, 15) is 4.79 Å². The molecule has 1 amide bonds. The number of pyridine rings is 1. The molecule has 1 aromatic carbocycles. The highest BCUT2D eigenvalue weighted by Gasteiger charge is 2.44. The third-order valence-electron chi connectivity index (χ3n) is 6.36. The van der Waals surface area contributed by atoms with E-state index in [1.54, 1.807) is 0 Å². The Kier molecular flexibility index (Phi) is 7.24. The first-order valence-corrected chi connectivity index (χ1v) is 11.7. The van der Waals surface area contributed by atoms with Crippen LogP contribution in [0.15, 0.2) is 59.7 Å². The fraction of sp³-hybridized carbons (Fsp3) is 0.480. The number of rotatable bonds is 8. The molecule has 2 heterocycles. The van der Waals surface area contributed by atoms with Crippen LogP contribution in [-0.2, 0) is 10.2 Å². The molecule has 7 nitrogen and oxygen atoms in total. The largest absolute Gasteiger partial charge is 0.357 e. The van der Waals surface area contributed by atoms with Crippen LogP contribution in [0.3, 0.4) is 0 Å². The first kappa shape index (κ1) is 22.1. The molecule has 1 aliphatic heterocycles. The molecule has 32 heavy (non-hydrogen) atoms. The monoisotopic (exact) mass is 434 g/mol. The summed E-state index contributed by atoms with van der Waals surface area (Å²) >= 11 is 0. The van der Waals surface area contributed by atoms with Gasteiger partial charge in [-0.2, -0.15) is 0 Å². The number of amides is 1. The summed E-state index contributed by atoms with van der Waals surface area (Å²) in [5.74, 6) is 1.97. The zero-order chi connectivity index (χ0) is 22.2. The standard InChI is InChI=1S/C25H34N6O/c1-2-26-24(29-20-25(12-13-25)21-8-4-3-5-9-21)28-15-11-23(32)31-18-16-30(17-19-31)22-10-6-7-14-27-22/h3-10,14H,2,11-13,15-20H2,1H3,(H2,26,28,29). The van der Waals surface area contributed by atoms with E-state index >= 15 is 0 Å². The molecule has 2 aliphatic rings. The Hall–Kier alpha value is -3.09. The van der Waals surface area contributed by atoms with E-state index in [1.165, 1.54) is 18.4 Å². The lowest BCUT2D eigenvalue weighted by molar-refractivity contribution is -0.131. The normalized spacial score (nSPS) is 17.7. The minimum Gasteiger partial charge on any atom is -0.357 e. The van der Waals surface area contributed by atoms with Gasteiger partial charge in [-0.05, 0) is 37.5 Å². The lowest BCUT2D eigenvalue weighted by Gasteiger charge is -2.35. The first-order chi connectivity index (χ1) is 15.7. The Labute approximate surface area is 190 Å². The van der Waals surface area contributed by atoms with Gasteiger partial charge in [0.05, 0.1) is 6.54 Å². The number of carbonyl (C=O) groups excluding carboxylic acids is 1. The molecule has 0 radical (unpaired) electrons. The number of nitrogens with zero attached hydrogens (tertiary/aromatic N) is 4. The van der Waals surface area contributed by atoms with E-state index in [0.29, 0.717) is 13.0 Å². The fourth-order valence-electron chi connectivity index (χ4n) is 4.22. The average molecular weight is 435 g/mol. The summed E-state index contributed by atoms with van der Waals surface area (Å²) in [6, 6.07) is 16.6. The van der Waals surface area contributed by atoms with E-state index in [-0.39, 0.29) is 11.3 Å². The number of benzene rings is 1. The van der Waals surface area contributed by atoms with Gasteiger partial charge in [-0.25, -0.2) is 4.98 Å². The maximum atomic E-state index is 12.7. The number of nitrogens with one attached hydrogen (secondary N) is 2. The van der Waals surface area contributed by atoms with Crippen LogP contribution in [0.5, 0.6) is 0 Å². The third-order valence-corrected chi connectivity index (χ3v) is 6.36. The molecular weight excluding hydrogens is 400 g/mol. The van der Waals surface area contributed by atoms with Gasteiger partial charge in [0.25, 0.3) is 0 Å². The highest BCUT2D eigenvalue weighted by molar-refractivity contribution is 5.81. The molecule has 1 saturated carbocycles. The van der Waals surface area contributed by atoms with Crippen LogP contribution in [0.4, 0.5) is 5.82 Å². The number of hydrogen-bond donors (Lipinski definition) is 2. The summed E-state index contributed by atoms with van der Waals surface area (Å²) in [6.07, 6.45) is 4.65. The van der Waals surface area contributed by atoms with Crippen LogP contribution < -0.4 is 15.5 Å². The quantitative estimate of drug-likeness (QED) is 0.493. The summed E-state index contributed by atoms with van der Waals surface area (Å²) in [6.45, 7) is 7.34. The van der Waals surface area contributed by atoms with E-state index in [2.05, 4.69) is 57.8 Å². The molecule has 4 rings (SSSR count). The van der Waals surface area contributed by atoms with Gasteiger partial charge in [-0.15, -0.1) is 0 Å². The molecular formula is C25H34N6O. The van der Waals surface area contributed by atoms with Crippen molar-refractivity contribution in [2.24, 2.45) is 4.99 Å². The Morgan fingerprint density at radius 1 is 1.03 bits per heavy atom. The molecule has 1 aliphatic carbocycles. The summed E-state index contributed by atoms with van der Waals surface area (Å²) < 4.78 is 0. The van der Waals surface area contributed by atoms with E-state index in [0.717, 1.165) is 51.0 Å². The van der Waals surface area contributed by atoms with Gasteiger partial charge in [0.15, 0.2) is 5.96 Å². The van der Waals surface area contributed by atoms with Crippen LogP contribution in [0.1, 0.15) is 31.7 Å². The Morgan fingerprint density at radius 2 is 1.78 bits per heavy atom. The van der Waals surface area contributed by atoms with Crippen LogP contribution in [0, 0.1) is 0 Å². The SMILES string of the molecule is CCNC(=NCC1(c2ccccc2)CC1)NCCC(=O)N1CCN(c2ccccn2)CC1. The maximum Gasteiger partial charge on any atom is 0.224 e. The number of piperazine rings is 1. The highest BCUT2D eigenvalue weighted by atomic mass is 16.2. The summed E-state index contributed by atoms with van der Waals surface area (Å²) in [4.78, 5) is 26.1. The van der Waals surface area contributed by atoms with Crippen molar-refractivity contribution in [3.63, 3.8) is 0 Å². The van der Waals surface area contributed by atoms with E-state index in [1.807, 2.05) is 29.3 Å². The van der Waals surface area contributed by atoms with Crippen molar-refractivity contribution in [1.29, 1.82) is 0 Å². The number of aromatic nitrogens is 1. The van der Waals surface area contributed by atoms with Gasteiger partial charge in [-0.3, -0.25) is 9.79 Å². The summed E-state index contributed by atoms with van der Waals surface area (Å²) in [5, 5.41) is 6.66. The second-order valence-electron chi connectivity index (χ2n) is 8.57. The van der Waals surface area contributed by atoms with Crippen molar-refractivity contribution in [1.82, 2.24) is 20.5 Å². The van der Waals surface area contributed by atoms with Gasteiger partial charge in [0.2, 0.25) is 5.91 Å². The lowest BCUT2D eigenvalue weighted by atomic mass is 9.96. The second kappa shape index (κ2) is 10.5. The number of aliphatic imine (C=N–C) groups is 1. The van der Waals surface area contributed by atoms with Crippen LogP contribution >= 0.6 is 0 Å². The zero-order valence-electron chi connectivity index (χ0n) is 19.0. The van der Waals surface area contributed by atoms with Gasteiger partial charge in [-0.1, -0.05) is 36.4 Å². The Bertz CT molecular complexity index is 889. The van der Waals surface area contributed by atoms with Gasteiger partial charge in [0, 0.05) is 57.3 Å². The smallest absolute Gasteiger partial charge is 0.224 e. The predicted octanol–water partition coefficient (Wildman–Crippen LogP) is 2.41. The van der Waals surface area contributed by atoms with E-state index < -0.39 is 0 Å². The van der Waals surface area contributed by atoms with Crippen molar-refractivity contribution in [3.8, 4) is 0 Å². The number of carbonyl (C=O) groups is 1. The van der Waals surface area contributed by atoms with Crippen molar-refractivity contribution in [3.05, 3.63) is 60.3 Å². The van der Waals surface area contributed by atoms with Crippen LogP contribution in [-0.4, -0.2) is 67.6 Å². The summed E-state index contributed by atoms with van der Waals surface area (Å²) in [7, 11) is 0. The third kappa shape index (κ3) is 5.58. The molecule has 2 fully saturated rings. The predicted molar refractivity (Wildman–Crippen MR) is 129 cm³/mol. The maximum absolute atomic E-state index is 12.7. The minimum atomic E-state index is 0.187. The fourth-order valence-corrected chi connectivity index (χ4v) is 4.22. The molecule has 1 aromatic heterocycles. The van der Waals surface area contributed by atoms with E-state index in [4.69, 9.17) is 4.99 Å². The van der Waals surface area contributed by atoms with Crippen LogP contribution in [0.25, 0.3) is 0 Å². The highest BCUT2D eigenvalue weighted by Crippen LogP contribution is 2.48. The molecule has 2 aromatic rings. The number of anilines is 1. The molecule has 0 atom stereocenters. The molecule has 1 saturated heterocycles. The topological polar surface area (TPSA) is 72.9 Å². The molecule has 0 spiro atoms. The molecule has 0 bridgehead atoms. The zero-order valence-corrected chi connectivity index (χ0v) is 19.0. The van der Waals surface area contributed by atoms with Crippen molar-refractivity contribution in [2.45, 2.75) is 31.6 Å². The second-order valence-corrected chi connectivity index (χ2v) is 8.57. The van der Waals surface area contributed by atoms with Gasteiger partial charge in [0.1, 0.15) is 5.82 Å². The number of guanidine groups is 1. The molecule has 0 unspecified atom stereocenters. The lowest BCUT2D eigenvalue weighted by Crippen LogP contribution is -2.49. The molecule has 170 valence electrons. The molecule has 2 N–H and O–H groups in total. The average Bonchev–Trinajstić information content (AvgIpc) is 3.65. The minimum absolute atomic E-state index is 0.187. The summed E-state index contributed by atoms with van der Waals surface area (Å²) in [5.41, 5.74) is 1.56. The Balaban J connectivity index is 1.22. The Morgan fingerprint density at radius 3 is 2.44 bits per heavy atom. The molecule has 7 heteroatoms. The van der Waals surface area contributed by atoms with Crippen molar-refractivity contribution in [2.75, 3.05) is 50.7 Å². The van der Waals surface area contributed by atoms with Crippen molar-refractivity contribution >= 4 is 17.7 Å². The van der Waals surface area contributed by atoms with Crippen LogP contribution in [0.2, 0.25) is 0 Å². The number of hydrogen-bond acceptors (Lipinski definition) is 4. The van der Waals surface area contributed by atoms with Gasteiger partial charge >= 0.3 is 0 Å². The van der Waals surface area contributed by atoms with Gasteiger partial charge < -0.3 is 20.4 Å². The van der Waals surface area contributed by atoms with Crippen molar-refractivity contribution < 1.29 is 4.79 Å². The first-order valence-electron chi connectivity index (χ1n) is 11.7.